The summed E-state index contributed by atoms with van der Waals surface area (Å²) in [6.45, 7) is 3.03. The van der Waals surface area contributed by atoms with Crippen LogP contribution in [0.3, 0.4) is 0 Å². The van der Waals surface area contributed by atoms with E-state index in [1.165, 1.54) is 30.8 Å². The highest BCUT2D eigenvalue weighted by molar-refractivity contribution is 7.07. The minimum atomic E-state index is 0.360. The van der Waals surface area contributed by atoms with Gasteiger partial charge in [-0.15, -0.1) is 0 Å². The van der Waals surface area contributed by atoms with Gasteiger partial charge in [-0.3, -0.25) is 0 Å². The lowest BCUT2D eigenvalue weighted by Crippen LogP contribution is -2.32. The summed E-state index contributed by atoms with van der Waals surface area (Å²) in [6.07, 6.45) is 3.85. The molecule has 3 nitrogen and oxygen atoms in total. The summed E-state index contributed by atoms with van der Waals surface area (Å²) in [7, 11) is 0. The molecule has 0 saturated heterocycles. The van der Waals surface area contributed by atoms with Gasteiger partial charge in [0.2, 0.25) is 0 Å². The molecule has 0 aliphatic heterocycles. The van der Waals surface area contributed by atoms with Crippen molar-refractivity contribution < 1.29 is 4.74 Å². The van der Waals surface area contributed by atoms with Gasteiger partial charge in [-0.1, -0.05) is 43.7 Å². The normalized spacial score (nSPS) is 17.2. The van der Waals surface area contributed by atoms with Crippen LogP contribution >= 0.6 is 11.5 Å². The smallest absolute Gasteiger partial charge is 0.293 e. The number of benzene rings is 1. The van der Waals surface area contributed by atoms with E-state index < -0.39 is 0 Å². The molecule has 0 radical (unpaired) electrons. The van der Waals surface area contributed by atoms with Gasteiger partial charge in [-0.25, -0.2) is 0 Å². The molecule has 1 aliphatic carbocycles. The van der Waals surface area contributed by atoms with Crippen LogP contribution in [0.1, 0.15) is 26.2 Å². The van der Waals surface area contributed by atoms with Crippen LogP contribution in [-0.2, 0) is 0 Å². The summed E-state index contributed by atoms with van der Waals surface area (Å²) < 4.78 is 10.1. The van der Waals surface area contributed by atoms with Crippen molar-refractivity contribution in [3.05, 3.63) is 30.3 Å². The zero-order valence-corrected chi connectivity index (χ0v) is 11.2. The van der Waals surface area contributed by atoms with E-state index in [0.29, 0.717) is 10.6 Å². The monoisotopic (exact) mass is 260 g/mol. The first-order valence-corrected chi connectivity index (χ1v) is 7.05. The molecular weight excluding hydrogens is 244 g/mol. The zero-order valence-electron chi connectivity index (χ0n) is 10.4. The minimum Gasteiger partial charge on any atom is -0.468 e. The molecule has 1 aromatic carbocycles. The van der Waals surface area contributed by atoms with E-state index in [1.807, 2.05) is 30.3 Å². The van der Waals surface area contributed by atoms with Gasteiger partial charge in [0.05, 0.1) is 6.61 Å². The second-order valence-corrected chi connectivity index (χ2v) is 5.92. The maximum atomic E-state index is 5.76. The molecular formula is C14H16N2OS. The van der Waals surface area contributed by atoms with E-state index >= 15 is 0 Å². The molecule has 1 aromatic heterocycles. The Bertz CT molecular complexity index is 520. The second-order valence-electron chi connectivity index (χ2n) is 5.20. The Kier molecular flexibility index (Phi) is 3.04. The Labute approximate surface area is 111 Å². The van der Waals surface area contributed by atoms with Gasteiger partial charge in [0.15, 0.2) is 5.82 Å². The Morgan fingerprint density at radius 1 is 1.28 bits per heavy atom. The quantitative estimate of drug-likeness (QED) is 0.839. The number of hydrogen-bond acceptors (Lipinski definition) is 4. The second kappa shape index (κ2) is 4.69. The molecule has 1 aliphatic rings. The first-order valence-electron chi connectivity index (χ1n) is 6.27. The van der Waals surface area contributed by atoms with Crippen molar-refractivity contribution in [2.45, 2.75) is 26.2 Å². The van der Waals surface area contributed by atoms with Crippen LogP contribution < -0.4 is 4.74 Å². The van der Waals surface area contributed by atoms with Crippen molar-refractivity contribution in [3.8, 4) is 16.6 Å². The molecule has 2 aromatic rings. The van der Waals surface area contributed by atoms with Crippen molar-refractivity contribution in [1.82, 2.24) is 9.36 Å². The summed E-state index contributed by atoms with van der Waals surface area (Å²) in [4.78, 5) is 4.43. The molecule has 94 valence electrons. The van der Waals surface area contributed by atoms with E-state index in [9.17, 15) is 0 Å². The van der Waals surface area contributed by atoms with Gasteiger partial charge >= 0.3 is 0 Å². The molecule has 0 amide bonds. The Morgan fingerprint density at radius 2 is 2.06 bits per heavy atom. The van der Waals surface area contributed by atoms with Crippen LogP contribution in [0.5, 0.6) is 5.19 Å². The number of nitrogens with zero attached hydrogens (tertiary/aromatic N) is 2. The first-order chi connectivity index (χ1) is 8.75. The Balaban J connectivity index is 1.66. The van der Waals surface area contributed by atoms with Gasteiger partial charge in [-0.2, -0.15) is 9.36 Å². The Hall–Kier alpha value is -1.42. The molecule has 0 spiro atoms. The maximum Gasteiger partial charge on any atom is 0.293 e. The average Bonchev–Trinajstić information content (AvgIpc) is 2.84. The first kappa shape index (κ1) is 11.7. The summed E-state index contributed by atoms with van der Waals surface area (Å²) in [6, 6.07) is 10.0. The molecule has 1 heterocycles. The number of aromatic nitrogens is 2. The summed E-state index contributed by atoms with van der Waals surface area (Å²) in [5, 5.41) is 0.682. The Morgan fingerprint density at radius 3 is 2.72 bits per heavy atom. The van der Waals surface area contributed by atoms with Gasteiger partial charge in [-0.05, 0) is 12.8 Å². The highest BCUT2D eigenvalue weighted by atomic mass is 32.1. The highest BCUT2D eigenvalue weighted by Crippen LogP contribution is 2.40. The fraction of sp³-hybridized carbons (Fsp3) is 0.429. The molecule has 0 N–H and O–H groups in total. The number of ether oxygens (including phenoxy) is 1. The van der Waals surface area contributed by atoms with Gasteiger partial charge in [0, 0.05) is 22.5 Å². The number of hydrogen-bond donors (Lipinski definition) is 0. The van der Waals surface area contributed by atoms with Crippen molar-refractivity contribution in [1.29, 1.82) is 0 Å². The van der Waals surface area contributed by atoms with E-state index in [0.717, 1.165) is 18.0 Å². The lowest BCUT2D eigenvalue weighted by molar-refractivity contribution is 0.0775. The minimum absolute atomic E-state index is 0.360. The van der Waals surface area contributed by atoms with Crippen LogP contribution in [0.2, 0.25) is 0 Å². The summed E-state index contributed by atoms with van der Waals surface area (Å²) in [5.74, 6) is 0.759. The van der Waals surface area contributed by atoms with Crippen LogP contribution in [0.4, 0.5) is 0 Å². The lowest BCUT2D eigenvalue weighted by Gasteiger charge is -2.37. The number of rotatable bonds is 4. The molecule has 18 heavy (non-hydrogen) atoms. The van der Waals surface area contributed by atoms with Crippen molar-refractivity contribution in [3.63, 3.8) is 0 Å². The van der Waals surface area contributed by atoms with Crippen LogP contribution in [0.25, 0.3) is 11.4 Å². The fourth-order valence-corrected chi connectivity index (χ4v) is 2.68. The van der Waals surface area contributed by atoms with E-state index in [4.69, 9.17) is 4.74 Å². The van der Waals surface area contributed by atoms with E-state index in [-0.39, 0.29) is 0 Å². The van der Waals surface area contributed by atoms with Crippen molar-refractivity contribution in [2.75, 3.05) is 6.61 Å². The summed E-state index contributed by atoms with van der Waals surface area (Å²) >= 11 is 1.34. The van der Waals surface area contributed by atoms with E-state index in [1.54, 1.807) is 0 Å². The van der Waals surface area contributed by atoms with Gasteiger partial charge in [0.1, 0.15) is 0 Å². The third-order valence-electron chi connectivity index (χ3n) is 3.54. The SMILES string of the molecule is CC1(COc2nc(-c3ccccc3)ns2)CCC1. The molecule has 1 saturated carbocycles. The third-order valence-corrected chi connectivity index (χ3v) is 4.17. The predicted molar refractivity (Wildman–Crippen MR) is 72.8 cm³/mol. The van der Waals surface area contributed by atoms with Gasteiger partial charge < -0.3 is 4.74 Å². The largest absolute Gasteiger partial charge is 0.468 e. The molecule has 4 heteroatoms. The van der Waals surface area contributed by atoms with Crippen LogP contribution in [0.15, 0.2) is 30.3 Å². The third kappa shape index (κ3) is 2.38. The molecule has 3 rings (SSSR count). The van der Waals surface area contributed by atoms with E-state index in [2.05, 4.69) is 16.3 Å². The fourth-order valence-electron chi connectivity index (χ4n) is 2.13. The predicted octanol–water partition coefficient (Wildman–Crippen LogP) is 3.77. The molecule has 0 atom stereocenters. The van der Waals surface area contributed by atoms with Crippen LogP contribution in [-0.4, -0.2) is 16.0 Å². The highest BCUT2D eigenvalue weighted by Gasteiger charge is 2.32. The molecule has 0 unspecified atom stereocenters. The molecule has 0 bridgehead atoms. The average molecular weight is 260 g/mol. The zero-order chi connectivity index (χ0) is 12.4. The standard InChI is InChI=1S/C14H16N2OS/c1-14(8-5-9-14)10-17-13-15-12(16-18-13)11-6-3-2-4-7-11/h2-4,6-7H,5,8-10H2,1H3. The van der Waals surface area contributed by atoms with Crippen molar-refractivity contribution >= 4 is 11.5 Å². The van der Waals surface area contributed by atoms with Crippen LogP contribution in [0, 0.1) is 5.41 Å². The van der Waals surface area contributed by atoms with Crippen molar-refractivity contribution in [2.24, 2.45) is 5.41 Å². The maximum absolute atomic E-state index is 5.76. The van der Waals surface area contributed by atoms with Gasteiger partial charge in [0.25, 0.3) is 5.19 Å². The molecule has 1 fully saturated rings. The summed E-state index contributed by atoms with van der Waals surface area (Å²) in [5.41, 5.74) is 1.40. The lowest BCUT2D eigenvalue weighted by atomic mass is 9.71. The topological polar surface area (TPSA) is 35.0 Å².